The maximum atomic E-state index is 11.2. The van der Waals surface area contributed by atoms with Crippen molar-refractivity contribution < 1.29 is 23.5 Å². The predicted octanol–water partition coefficient (Wildman–Crippen LogP) is 2.78. The molecular formula is C16H16O5. The highest BCUT2D eigenvalue weighted by molar-refractivity contribution is 5.86. The van der Waals surface area contributed by atoms with Crippen LogP contribution in [0.4, 0.5) is 0 Å². The monoisotopic (exact) mass is 288 g/mol. The average molecular weight is 288 g/mol. The first-order valence-electron chi connectivity index (χ1n) is 6.46. The minimum absolute atomic E-state index is 0.120. The zero-order chi connectivity index (χ0) is 15.2. The normalized spacial score (nSPS) is 10.2. The molecule has 0 radical (unpaired) electrons. The fourth-order valence-corrected chi connectivity index (χ4v) is 1.81. The lowest BCUT2D eigenvalue weighted by atomic mass is 10.1. The van der Waals surface area contributed by atoms with E-state index in [9.17, 15) is 9.59 Å². The van der Waals surface area contributed by atoms with Crippen molar-refractivity contribution in [1.82, 2.24) is 0 Å². The summed E-state index contributed by atoms with van der Waals surface area (Å²) < 4.78 is 15.4. The molecule has 0 aliphatic heterocycles. The summed E-state index contributed by atoms with van der Waals surface area (Å²) in [5.41, 5.74) is 0.945. The molecule has 0 spiro atoms. The molecule has 0 saturated heterocycles. The van der Waals surface area contributed by atoms with Crippen LogP contribution in [0.1, 0.15) is 28.8 Å². The maximum Gasteiger partial charge on any atom is 0.373 e. The number of hydrogen-bond acceptors (Lipinski definition) is 5. The van der Waals surface area contributed by atoms with Crippen LogP contribution < -0.4 is 4.74 Å². The average Bonchev–Trinajstić information content (AvgIpc) is 2.94. The summed E-state index contributed by atoms with van der Waals surface area (Å²) in [4.78, 5) is 22.3. The van der Waals surface area contributed by atoms with Crippen molar-refractivity contribution in [3.05, 3.63) is 53.5 Å². The first kappa shape index (κ1) is 14.8. The van der Waals surface area contributed by atoms with Crippen molar-refractivity contribution in [2.75, 3.05) is 7.11 Å². The minimum Gasteiger partial charge on any atom is -0.486 e. The SMILES string of the molecule is COC(=O)c1ccc(COc2ccc(CC(C)=O)cc2)o1. The van der Waals surface area contributed by atoms with E-state index in [0.29, 0.717) is 17.9 Å². The summed E-state index contributed by atoms with van der Waals surface area (Å²) in [5.74, 6) is 0.943. The van der Waals surface area contributed by atoms with Gasteiger partial charge in [-0.15, -0.1) is 0 Å². The quantitative estimate of drug-likeness (QED) is 0.765. The zero-order valence-corrected chi connectivity index (χ0v) is 11.9. The highest BCUT2D eigenvalue weighted by Gasteiger charge is 2.11. The van der Waals surface area contributed by atoms with E-state index in [1.54, 1.807) is 31.2 Å². The number of methoxy groups -OCH3 is 1. The van der Waals surface area contributed by atoms with Gasteiger partial charge >= 0.3 is 5.97 Å². The number of esters is 1. The Kier molecular flexibility index (Phi) is 4.77. The Balaban J connectivity index is 1.92. The number of ether oxygens (including phenoxy) is 2. The van der Waals surface area contributed by atoms with E-state index in [1.165, 1.54) is 7.11 Å². The minimum atomic E-state index is -0.519. The van der Waals surface area contributed by atoms with Crippen LogP contribution in [-0.4, -0.2) is 18.9 Å². The third-order valence-electron chi connectivity index (χ3n) is 2.81. The second kappa shape index (κ2) is 6.74. The van der Waals surface area contributed by atoms with Crippen molar-refractivity contribution in [1.29, 1.82) is 0 Å². The molecule has 1 aromatic heterocycles. The predicted molar refractivity (Wildman–Crippen MR) is 75.2 cm³/mol. The van der Waals surface area contributed by atoms with Crippen molar-refractivity contribution >= 4 is 11.8 Å². The van der Waals surface area contributed by atoms with Crippen molar-refractivity contribution in [2.45, 2.75) is 20.0 Å². The number of hydrogen-bond donors (Lipinski definition) is 0. The number of carbonyl (C=O) groups is 2. The molecule has 0 unspecified atom stereocenters. The lowest BCUT2D eigenvalue weighted by Crippen LogP contribution is -1.99. The van der Waals surface area contributed by atoms with Gasteiger partial charge in [-0.1, -0.05) is 12.1 Å². The van der Waals surface area contributed by atoms with Gasteiger partial charge in [0.15, 0.2) is 0 Å². The number of ketones is 1. The second-order valence-corrected chi connectivity index (χ2v) is 4.57. The summed E-state index contributed by atoms with van der Waals surface area (Å²) in [6, 6.07) is 10.5. The lowest BCUT2D eigenvalue weighted by molar-refractivity contribution is -0.116. The molecule has 110 valence electrons. The molecular weight excluding hydrogens is 272 g/mol. The summed E-state index contributed by atoms with van der Waals surface area (Å²) in [5, 5.41) is 0. The Bertz CT molecular complexity index is 624. The largest absolute Gasteiger partial charge is 0.486 e. The molecule has 0 amide bonds. The van der Waals surface area contributed by atoms with E-state index in [-0.39, 0.29) is 18.2 Å². The van der Waals surface area contributed by atoms with Crippen LogP contribution in [0.2, 0.25) is 0 Å². The molecule has 0 N–H and O–H groups in total. The molecule has 2 rings (SSSR count). The first-order valence-corrected chi connectivity index (χ1v) is 6.46. The van der Waals surface area contributed by atoms with Crippen LogP contribution in [0.5, 0.6) is 5.75 Å². The summed E-state index contributed by atoms with van der Waals surface area (Å²) >= 11 is 0. The molecule has 21 heavy (non-hydrogen) atoms. The number of furan rings is 1. The van der Waals surface area contributed by atoms with Crippen molar-refractivity contribution in [2.24, 2.45) is 0 Å². The Hall–Kier alpha value is -2.56. The van der Waals surface area contributed by atoms with Gasteiger partial charge in [-0.2, -0.15) is 0 Å². The van der Waals surface area contributed by atoms with Crippen LogP contribution in [0, 0.1) is 0 Å². The van der Waals surface area contributed by atoms with Crippen LogP contribution in [-0.2, 0) is 22.6 Å². The van der Waals surface area contributed by atoms with Gasteiger partial charge in [0.2, 0.25) is 5.76 Å². The smallest absolute Gasteiger partial charge is 0.373 e. The van der Waals surface area contributed by atoms with E-state index >= 15 is 0 Å². The number of carbonyl (C=O) groups excluding carboxylic acids is 2. The number of Topliss-reactive ketones (excluding diaryl/α,β-unsaturated/α-hetero) is 1. The van der Waals surface area contributed by atoms with E-state index in [0.717, 1.165) is 5.56 Å². The van der Waals surface area contributed by atoms with Gasteiger partial charge < -0.3 is 13.9 Å². The van der Waals surface area contributed by atoms with E-state index in [4.69, 9.17) is 9.15 Å². The third kappa shape index (κ3) is 4.21. The van der Waals surface area contributed by atoms with Gasteiger partial charge in [-0.05, 0) is 36.8 Å². The molecule has 0 fully saturated rings. The van der Waals surface area contributed by atoms with Crippen LogP contribution in [0.15, 0.2) is 40.8 Å². The molecule has 2 aromatic rings. The van der Waals surface area contributed by atoms with Crippen molar-refractivity contribution in [3.8, 4) is 5.75 Å². The first-order chi connectivity index (χ1) is 10.1. The van der Waals surface area contributed by atoms with Gasteiger partial charge in [-0.25, -0.2) is 4.79 Å². The molecule has 0 saturated carbocycles. The topological polar surface area (TPSA) is 65.7 Å². The molecule has 0 bridgehead atoms. The Morgan fingerprint density at radius 3 is 2.43 bits per heavy atom. The zero-order valence-electron chi connectivity index (χ0n) is 11.9. The number of benzene rings is 1. The lowest BCUT2D eigenvalue weighted by Gasteiger charge is -2.05. The third-order valence-corrected chi connectivity index (χ3v) is 2.81. The molecule has 5 nitrogen and oxygen atoms in total. The highest BCUT2D eigenvalue weighted by Crippen LogP contribution is 2.16. The second-order valence-electron chi connectivity index (χ2n) is 4.57. The molecule has 1 aromatic carbocycles. The Labute approximate surface area is 122 Å². The van der Waals surface area contributed by atoms with E-state index in [2.05, 4.69) is 4.74 Å². The van der Waals surface area contributed by atoms with Gasteiger partial charge in [0.1, 0.15) is 23.9 Å². The summed E-state index contributed by atoms with van der Waals surface area (Å²) in [7, 11) is 1.30. The van der Waals surface area contributed by atoms with E-state index in [1.807, 2.05) is 12.1 Å². The molecule has 0 atom stereocenters. The standard InChI is InChI=1S/C16H16O5/c1-11(17)9-12-3-5-13(6-4-12)20-10-14-7-8-15(21-14)16(18)19-2/h3-8H,9-10H2,1-2H3. The van der Waals surface area contributed by atoms with Crippen molar-refractivity contribution in [3.63, 3.8) is 0 Å². The summed E-state index contributed by atoms with van der Waals surface area (Å²) in [6.07, 6.45) is 0.418. The summed E-state index contributed by atoms with van der Waals surface area (Å²) in [6.45, 7) is 1.77. The van der Waals surface area contributed by atoms with Gasteiger partial charge in [0.25, 0.3) is 0 Å². The molecule has 5 heteroatoms. The fraction of sp³-hybridized carbons (Fsp3) is 0.250. The van der Waals surface area contributed by atoms with Crippen LogP contribution in [0.25, 0.3) is 0 Å². The molecule has 0 aliphatic rings. The van der Waals surface area contributed by atoms with Gasteiger partial charge in [0, 0.05) is 6.42 Å². The van der Waals surface area contributed by atoms with Gasteiger partial charge in [0.05, 0.1) is 7.11 Å². The van der Waals surface area contributed by atoms with Gasteiger partial charge in [-0.3, -0.25) is 4.79 Å². The number of rotatable bonds is 6. The fourth-order valence-electron chi connectivity index (χ4n) is 1.81. The molecule has 1 heterocycles. The van der Waals surface area contributed by atoms with E-state index < -0.39 is 5.97 Å². The Morgan fingerprint density at radius 2 is 1.81 bits per heavy atom. The van der Waals surface area contributed by atoms with Crippen LogP contribution in [0.3, 0.4) is 0 Å². The molecule has 0 aliphatic carbocycles. The maximum absolute atomic E-state index is 11.2. The Morgan fingerprint density at radius 1 is 1.10 bits per heavy atom. The van der Waals surface area contributed by atoms with Crippen LogP contribution >= 0.6 is 0 Å². The highest BCUT2D eigenvalue weighted by atomic mass is 16.5.